The number of rotatable bonds is 4. The lowest BCUT2D eigenvalue weighted by atomic mass is 9.91. The van der Waals surface area contributed by atoms with E-state index in [-0.39, 0.29) is 12.1 Å². The van der Waals surface area contributed by atoms with E-state index >= 15 is 0 Å². The number of hydrogen-bond acceptors (Lipinski definition) is 3. The summed E-state index contributed by atoms with van der Waals surface area (Å²) in [5.74, 6) is -1.16. The minimum Gasteiger partial charge on any atom is -0.387 e. The van der Waals surface area contributed by atoms with E-state index in [0.29, 0.717) is 5.56 Å². The van der Waals surface area contributed by atoms with Crippen LogP contribution < -0.4 is 5.32 Å². The maximum absolute atomic E-state index is 14.1. The summed E-state index contributed by atoms with van der Waals surface area (Å²) >= 11 is 0. The van der Waals surface area contributed by atoms with Gasteiger partial charge in [-0.15, -0.1) is 0 Å². The summed E-state index contributed by atoms with van der Waals surface area (Å²) in [6, 6.07) is 13.9. The normalized spacial score (nSPS) is 21.7. The molecule has 0 bridgehead atoms. The molecule has 6 heteroatoms. The van der Waals surface area contributed by atoms with Crippen molar-refractivity contribution in [2.24, 2.45) is 0 Å². The number of amides is 3. The van der Waals surface area contributed by atoms with Gasteiger partial charge in [-0.3, -0.25) is 9.69 Å². The predicted molar refractivity (Wildman–Crippen MR) is 85.4 cm³/mol. The van der Waals surface area contributed by atoms with E-state index in [1.807, 2.05) is 0 Å². The fraction of sp³-hybridized carbons (Fsp3) is 0.222. The lowest BCUT2D eigenvalue weighted by molar-refractivity contribution is -0.132. The van der Waals surface area contributed by atoms with Crippen LogP contribution in [0.15, 0.2) is 54.6 Å². The highest BCUT2D eigenvalue weighted by atomic mass is 19.1. The van der Waals surface area contributed by atoms with Crippen molar-refractivity contribution in [2.45, 2.75) is 18.6 Å². The molecule has 24 heavy (non-hydrogen) atoms. The van der Waals surface area contributed by atoms with Crippen LogP contribution in [0.25, 0.3) is 0 Å². The first-order valence-corrected chi connectivity index (χ1v) is 7.55. The monoisotopic (exact) mass is 328 g/mol. The molecule has 3 rings (SSSR count). The van der Waals surface area contributed by atoms with Gasteiger partial charge in [0.2, 0.25) is 0 Å². The third kappa shape index (κ3) is 2.65. The zero-order valence-electron chi connectivity index (χ0n) is 13.1. The highest BCUT2D eigenvalue weighted by Crippen LogP contribution is 2.31. The van der Waals surface area contributed by atoms with Gasteiger partial charge < -0.3 is 10.4 Å². The van der Waals surface area contributed by atoms with Crippen molar-refractivity contribution in [1.29, 1.82) is 0 Å². The van der Waals surface area contributed by atoms with E-state index in [9.17, 15) is 19.1 Å². The van der Waals surface area contributed by atoms with Crippen molar-refractivity contribution in [3.8, 4) is 0 Å². The summed E-state index contributed by atoms with van der Waals surface area (Å²) in [6.45, 7) is 1.26. The van der Waals surface area contributed by atoms with Gasteiger partial charge in [-0.05, 0) is 18.6 Å². The molecule has 2 aromatic rings. The standard InChI is InChI=1S/C18H17FN2O3/c1-18(13-9-5-6-10-14(13)19)16(23)21(17(24)20-18)11-15(22)12-7-3-2-4-8-12/h2-10,15,22H,11H2,1H3,(H,20,24)/t15-,18-/m0/s1. The zero-order chi connectivity index (χ0) is 17.3. The van der Waals surface area contributed by atoms with Crippen LogP contribution in [0.1, 0.15) is 24.2 Å². The first-order valence-electron chi connectivity index (χ1n) is 7.55. The first-order chi connectivity index (χ1) is 11.4. The Kier molecular flexibility index (Phi) is 4.07. The average molecular weight is 328 g/mol. The number of carbonyl (C=O) groups is 2. The van der Waals surface area contributed by atoms with Crippen molar-refractivity contribution < 1.29 is 19.1 Å². The summed E-state index contributed by atoms with van der Waals surface area (Å²) in [5, 5.41) is 12.8. The number of aliphatic hydroxyl groups excluding tert-OH is 1. The second-order valence-corrected chi connectivity index (χ2v) is 5.88. The van der Waals surface area contributed by atoms with Crippen LogP contribution in [0.2, 0.25) is 0 Å². The summed E-state index contributed by atoms with van der Waals surface area (Å²) in [4.78, 5) is 25.9. The molecule has 0 saturated carbocycles. The molecule has 2 aromatic carbocycles. The van der Waals surface area contributed by atoms with Gasteiger partial charge in [0, 0.05) is 5.56 Å². The van der Waals surface area contributed by atoms with Crippen molar-refractivity contribution in [3.63, 3.8) is 0 Å². The third-order valence-electron chi connectivity index (χ3n) is 4.23. The van der Waals surface area contributed by atoms with E-state index in [0.717, 1.165) is 4.90 Å². The number of halogens is 1. The molecule has 0 unspecified atom stereocenters. The van der Waals surface area contributed by atoms with Crippen LogP contribution >= 0.6 is 0 Å². The molecule has 1 aliphatic rings. The Morgan fingerprint density at radius 2 is 1.75 bits per heavy atom. The number of carbonyl (C=O) groups excluding carboxylic acids is 2. The predicted octanol–water partition coefficient (Wildman–Crippen LogP) is 2.33. The van der Waals surface area contributed by atoms with Crippen LogP contribution in [0, 0.1) is 5.82 Å². The molecule has 0 aromatic heterocycles. The minimum absolute atomic E-state index is 0.0973. The van der Waals surface area contributed by atoms with E-state index in [2.05, 4.69) is 5.32 Å². The molecule has 0 radical (unpaired) electrons. The van der Waals surface area contributed by atoms with Crippen molar-refractivity contribution in [2.75, 3.05) is 6.54 Å². The Morgan fingerprint density at radius 1 is 1.12 bits per heavy atom. The van der Waals surface area contributed by atoms with Gasteiger partial charge in [0.1, 0.15) is 11.4 Å². The minimum atomic E-state index is -1.49. The highest BCUT2D eigenvalue weighted by Gasteiger charge is 2.50. The number of nitrogens with zero attached hydrogens (tertiary/aromatic N) is 1. The van der Waals surface area contributed by atoms with Gasteiger partial charge in [-0.1, -0.05) is 48.5 Å². The molecule has 3 amide bonds. The second-order valence-electron chi connectivity index (χ2n) is 5.88. The lowest BCUT2D eigenvalue weighted by Crippen LogP contribution is -2.42. The topological polar surface area (TPSA) is 69.6 Å². The highest BCUT2D eigenvalue weighted by molar-refractivity contribution is 6.07. The molecule has 1 aliphatic heterocycles. The Bertz CT molecular complexity index is 781. The van der Waals surface area contributed by atoms with Gasteiger partial charge in [0.15, 0.2) is 0 Å². The van der Waals surface area contributed by atoms with E-state index < -0.39 is 29.4 Å². The smallest absolute Gasteiger partial charge is 0.325 e. The van der Waals surface area contributed by atoms with Crippen molar-refractivity contribution >= 4 is 11.9 Å². The van der Waals surface area contributed by atoms with Crippen molar-refractivity contribution in [1.82, 2.24) is 10.2 Å². The SMILES string of the molecule is C[C@@]1(c2ccccc2F)NC(=O)N(C[C@H](O)c2ccccc2)C1=O. The molecule has 1 heterocycles. The van der Waals surface area contributed by atoms with Crippen LogP contribution in [0.5, 0.6) is 0 Å². The van der Waals surface area contributed by atoms with E-state index in [1.54, 1.807) is 36.4 Å². The molecular weight excluding hydrogens is 311 g/mol. The Hall–Kier alpha value is -2.73. The Morgan fingerprint density at radius 3 is 2.42 bits per heavy atom. The molecule has 124 valence electrons. The summed E-state index contributed by atoms with van der Waals surface area (Å²) < 4.78 is 14.1. The molecule has 0 aliphatic carbocycles. The van der Waals surface area contributed by atoms with Gasteiger partial charge in [0.05, 0.1) is 12.6 Å². The van der Waals surface area contributed by atoms with E-state index in [4.69, 9.17) is 0 Å². The van der Waals surface area contributed by atoms with E-state index in [1.165, 1.54) is 25.1 Å². The molecule has 1 fully saturated rings. The number of urea groups is 1. The molecule has 2 atom stereocenters. The summed E-state index contributed by atoms with van der Waals surface area (Å²) in [6.07, 6.45) is -1.01. The number of imide groups is 1. The Balaban J connectivity index is 1.86. The zero-order valence-corrected chi connectivity index (χ0v) is 13.1. The average Bonchev–Trinajstić information content (AvgIpc) is 2.80. The fourth-order valence-corrected chi connectivity index (χ4v) is 2.87. The number of hydrogen-bond donors (Lipinski definition) is 2. The number of nitrogens with one attached hydrogen (secondary N) is 1. The maximum atomic E-state index is 14.1. The number of aliphatic hydroxyl groups is 1. The lowest BCUT2D eigenvalue weighted by Gasteiger charge is -2.23. The second kappa shape index (κ2) is 6.05. The molecule has 5 nitrogen and oxygen atoms in total. The summed E-state index contributed by atoms with van der Waals surface area (Å²) in [5.41, 5.74) is -0.795. The fourth-order valence-electron chi connectivity index (χ4n) is 2.87. The molecule has 1 saturated heterocycles. The first kappa shape index (κ1) is 16.1. The van der Waals surface area contributed by atoms with Crippen LogP contribution in [-0.2, 0) is 10.3 Å². The van der Waals surface area contributed by atoms with Gasteiger partial charge >= 0.3 is 6.03 Å². The number of β-amino-alcohol motifs (C(OH)–C–C–N with tert-alkyl or cyclic N) is 1. The number of benzene rings is 2. The quantitative estimate of drug-likeness (QED) is 0.846. The third-order valence-corrected chi connectivity index (χ3v) is 4.23. The van der Waals surface area contributed by atoms with Crippen LogP contribution in [-0.4, -0.2) is 28.5 Å². The van der Waals surface area contributed by atoms with Gasteiger partial charge in [0.25, 0.3) is 5.91 Å². The van der Waals surface area contributed by atoms with Crippen molar-refractivity contribution in [3.05, 3.63) is 71.5 Å². The van der Waals surface area contributed by atoms with Crippen LogP contribution in [0.4, 0.5) is 9.18 Å². The van der Waals surface area contributed by atoms with Gasteiger partial charge in [-0.2, -0.15) is 0 Å². The van der Waals surface area contributed by atoms with Gasteiger partial charge in [-0.25, -0.2) is 9.18 Å². The molecule has 0 spiro atoms. The summed E-state index contributed by atoms with van der Waals surface area (Å²) in [7, 11) is 0. The molecule has 2 N–H and O–H groups in total. The molecular formula is C18H17FN2O3. The largest absolute Gasteiger partial charge is 0.387 e. The Labute approximate surface area is 138 Å². The van der Waals surface area contributed by atoms with Crippen LogP contribution in [0.3, 0.4) is 0 Å². The maximum Gasteiger partial charge on any atom is 0.325 e.